The van der Waals surface area contributed by atoms with Gasteiger partial charge in [-0.05, 0) is 56.4 Å². The Bertz CT molecular complexity index is 461. The highest BCUT2D eigenvalue weighted by Gasteiger charge is 2.27. The van der Waals surface area contributed by atoms with Gasteiger partial charge in [0.15, 0.2) is 6.10 Å². The molecule has 1 fully saturated rings. The summed E-state index contributed by atoms with van der Waals surface area (Å²) in [5.74, 6) is 0.470. The van der Waals surface area contributed by atoms with Crippen molar-refractivity contribution in [3.63, 3.8) is 0 Å². The minimum absolute atomic E-state index is 0.0537. The maximum Gasteiger partial charge on any atom is 0.263 e. The molecule has 0 saturated carbocycles. The summed E-state index contributed by atoms with van der Waals surface area (Å²) in [5, 5.41) is 9.01. The fraction of sp³-hybridized carbons (Fsp3) is 0.562. The smallest absolute Gasteiger partial charge is 0.263 e. The van der Waals surface area contributed by atoms with Crippen LogP contribution in [0.3, 0.4) is 0 Å². The molecule has 0 aliphatic carbocycles. The molecule has 2 atom stereocenters. The number of carbonyl (C=O) groups excluding carboxylic acids is 1. The Kier molecular flexibility index (Phi) is 5.56. The second-order valence-electron chi connectivity index (χ2n) is 5.52. The van der Waals surface area contributed by atoms with E-state index in [1.807, 2.05) is 0 Å². The highest BCUT2D eigenvalue weighted by molar-refractivity contribution is 5.81. The van der Waals surface area contributed by atoms with Crippen LogP contribution in [0.1, 0.15) is 26.2 Å². The van der Waals surface area contributed by atoms with E-state index in [9.17, 15) is 9.18 Å². The van der Waals surface area contributed by atoms with Crippen molar-refractivity contribution in [3.05, 3.63) is 30.1 Å². The Balaban J connectivity index is 1.90. The van der Waals surface area contributed by atoms with Gasteiger partial charge in [0.05, 0.1) is 0 Å². The summed E-state index contributed by atoms with van der Waals surface area (Å²) in [7, 11) is 0. The lowest BCUT2D eigenvalue weighted by atomic mass is 9.95. The van der Waals surface area contributed by atoms with Gasteiger partial charge in [-0.25, -0.2) is 4.39 Å². The van der Waals surface area contributed by atoms with E-state index in [4.69, 9.17) is 9.84 Å². The first-order valence-electron chi connectivity index (χ1n) is 7.42. The zero-order valence-corrected chi connectivity index (χ0v) is 12.3. The van der Waals surface area contributed by atoms with E-state index in [1.54, 1.807) is 11.8 Å². The van der Waals surface area contributed by atoms with Crippen LogP contribution in [0, 0.1) is 11.7 Å². The molecule has 1 heterocycles. The molecule has 1 aliphatic heterocycles. The van der Waals surface area contributed by atoms with Gasteiger partial charge in [0, 0.05) is 19.7 Å². The molecule has 1 aliphatic rings. The van der Waals surface area contributed by atoms with Crippen LogP contribution in [0.25, 0.3) is 0 Å². The maximum absolute atomic E-state index is 12.8. The van der Waals surface area contributed by atoms with Crippen molar-refractivity contribution in [2.24, 2.45) is 5.92 Å². The zero-order chi connectivity index (χ0) is 15.2. The molecule has 1 amide bonds. The second-order valence-corrected chi connectivity index (χ2v) is 5.52. The molecule has 0 radical (unpaired) electrons. The fourth-order valence-electron chi connectivity index (χ4n) is 2.71. The van der Waals surface area contributed by atoms with Crippen molar-refractivity contribution in [1.29, 1.82) is 0 Å². The van der Waals surface area contributed by atoms with Crippen molar-refractivity contribution in [2.45, 2.75) is 32.3 Å². The SMILES string of the molecule is CC(Oc1ccc(F)cc1)C(=O)N1CCCC(CCO)C1. The van der Waals surface area contributed by atoms with Crippen LogP contribution in [0.5, 0.6) is 5.75 Å². The van der Waals surface area contributed by atoms with E-state index < -0.39 is 6.10 Å². The van der Waals surface area contributed by atoms with E-state index >= 15 is 0 Å². The standard InChI is InChI=1S/C16H22FNO3/c1-12(21-15-6-4-14(17)5-7-15)16(20)18-9-2-3-13(11-18)8-10-19/h4-7,12-13,19H,2-3,8-11H2,1H3. The molecule has 5 heteroatoms. The maximum atomic E-state index is 12.8. The van der Waals surface area contributed by atoms with Crippen molar-refractivity contribution in [2.75, 3.05) is 19.7 Å². The van der Waals surface area contributed by atoms with E-state index in [0.29, 0.717) is 18.2 Å². The number of amides is 1. The van der Waals surface area contributed by atoms with E-state index in [-0.39, 0.29) is 18.3 Å². The number of aliphatic hydroxyl groups is 1. The van der Waals surface area contributed by atoms with Crippen molar-refractivity contribution in [3.8, 4) is 5.75 Å². The molecule has 0 spiro atoms. The number of hydrogen-bond donors (Lipinski definition) is 1. The second kappa shape index (κ2) is 7.41. The summed E-state index contributed by atoms with van der Waals surface area (Å²) >= 11 is 0. The Labute approximate surface area is 124 Å². The van der Waals surface area contributed by atoms with E-state index in [1.165, 1.54) is 24.3 Å². The topological polar surface area (TPSA) is 49.8 Å². The van der Waals surface area contributed by atoms with Gasteiger partial charge in [0.1, 0.15) is 11.6 Å². The monoisotopic (exact) mass is 295 g/mol. The third kappa shape index (κ3) is 4.43. The highest BCUT2D eigenvalue weighted by Crippen LogP contribution is 2.21. The minimum atomic E-state index is -0.594. The number of hydrogen-bond acceptors (Lipinski definition) is 3. The van der Waals surface area contributed by atoms with Gasteiger partial charge in [-0.15, -0.1) is 0 Å². The number of halogens is 1. The number of nitrogens with zero attached hydrogens (tertiary/aromatic N) is 1. The molecule has 4 nitrogen and oxygen atoms in total. The largest absolute Gasteiger partial charge is 0.481 e. The van der Waals surface area contributed by atoms with Crippen LogP contribution in [0.2, 0.25) is 0 Å². The first-order chi connectivity index (χ1) is 10.1. The van der Waals surface area contributed by atoms with Crippen LogP contribution in [0.15, 0.2) is 24.3 Å². The molecule has 116 valence electrons. The molecule has 0 aromatic heterocycles. The summed E-state index contributed by atoms with van der Waals surface area (Å²) in [6.45, 7) is 3.28. The summed E-state index contributed by atoms with van der Waals surface area (Å²) in [4.78, 5) is 14.2. The number of carbonyl (C=O) groups is 1. The number of benzene rings is 1. The van der Waals surface area contributed by atoms with Gasteiger partial charge in [-0.2, -0.15) is 0 Å². The minimum Gasteiger partial charge on any atom is -0.481 e. The quantitative estimate of drug-likeness (QED) is 0.906. The van der Waals surface area contributed by atoms with E-state index in [2.05, 4.69) is 0 Å². The van der Waals surface area contributed by atoms with E-state index in [0.717, 1.165) is 25.8 Å². The highest BCUT2D eigenvalue weighted by atomic mass is 19.1. The van der Waals surface area contributed by atoms with Crippen LogP contribution in [0.4, 0.5) is 4.39 Å². The average Bonchev–Trinajstić information content (AvgIpc) is 2.49. The molecule has 2 unspecified atom stereocenters. The van der Waals surface area contributed by atoms with Crippen molar-refractivity contribution >= 4 is 5.91 Å². The predicted molar refractivity (Wildman–Crippen MR) is 77.5 cm³/mol. The number of rotatable bonds is 5. The first-order valence-corrected chi connectivity index (χ1v) is 7.42. The Morgan fingerprint density at radius 3 is 2.86 bits per heavy atom. The number of aliphatic hydroxyl groups excluding tert-OH is 1. The Morgan fingerprint density at radius 1 is 1.48 bits per heavy atom. The first kappa shape index (κ1) is 15.8. The van der Waals surface area contributed by atoms with Gasteiger partial charge in [-0.3, -0.25) is 4.79 Å². The number of piperidine rings is 1. The number of ether oxygens (including phenoxy) is 1. The van der Waals surface area contributed by atoms with Gasteiger partial charge in [-0.1, -0.05) is 0 Å². The van der Waals surface area contributed by atoms with Gasteiger partial charge < -0.3 is 14.7 Å². The molecule has 1 aromatic rings. The third-order valence-electron chi connectivity index (χ3n) is 3.84. The van der Waals surface area contributed by atoms with Crippen LogP contribution >= 0.6 is 0 Å². The van der Waals surface area contributed by atoms with Gasteiger partial charge in [0.2, 0.25) is 0 Å². The lowest BCUT2D eigenvalue weighted by molar-refractivity contribution is -0.139. The summed E-state index contributed by atoms with van der Waals surface area (Å²) in [6, 6.07) is 5.66. The van der Waals surface area contributed by atoms with Crippen molar-refractivity contribution < 1.29 is 19.0 Å². The molecule has 0 bridgehead atoms. The fourth-order valence-corrected chi connectivity index (χ4v) is 2.71. The predicted octanol–water partition coefficient (Wildman–Crippen LogP) is 2.21. The van der Waals surface area contributed by atoms with Crippen LogP contribution in [-0.4, -0.2) is 41.7 Å². The van der Waals surface area contributed by atoms with Crippen LogP contribution < -0.4 is 4.74 Å². The van der Waals surface area contributed by atoms with Gasteiger partial charge in [0.25, 0.3) is 5.91 Å². The summed E-state index contributed by atoms with van der Waals surface area (Å²) in [6.07, 6.45) is 2.15. The molecule has 2 rings (SSSR count). The summed E-state index contributed by atoms with van der Waals surface area (Å²) < 4.78 is 18.4. The lowest BCUT2D eigenvalue weighted by Crippen LogP contribution is -2.45. The molecule has 1 N–H and O–H groups in total. The molecular formula is C16H22FNO3. The molecular weight excluding hydrogens is 273 g/mol. The Morgan fingerprint density at radius 2 is 2.19 bits per heavy atom. The van der Waals surface area contributed by atoms with Crippen LogP contribution in [-0.2, 0) is 4.79 Å². The molecule has 21 heavy (non-hydrogen) atoms. The average molecular weight is 295 g/mol. The van der Waals surface area contributed by atoms with Gasteiger partial charge >= 0.3 is 0 Å². The normalized spacial score (nSPS) is 20.1. The summed E-state index contributed by atoms with van der Waals surface area (Å²) in [5.41, 5.74) is 0. The third-order valence-corrected chi connectivity index (χ3v) is 3.84. The zero-order valence-electron chi connectivity index (χ0n) is 12.3. The van der Waals surface area contributed by atoms with Crippen molar-refractivity contribution in [1.82, 2.24) is 4.90 Å². The molecule has 1 saturated heterocycles. The number of likely N-dealkylation sites (tertiary alicyclic amines) is 1. The lowest BCUT2D eigenvalue weighted by Gasteiger charge is -2.34. The molecule has 1 aromatic carbocycles. The Hall–Kier alpha value is -1.62.